The number of nitriles is 1. The molecule has 0 saturated carbocycles. The molecule has 0 N–H and O–H groups in total. The predicted molar refractivity (Wildman–Crippen MR) is 89.0 cm³/mol. The average molecular weight is 322 g/mol. The Hall–Kier alpha value is -2.65. The summed E-state index contributed by atoms with van der Waals surface area (Å²) >= 11 is 1.32. The van der Waals surface area contributed by atoms with Gasteiger partial charge >= 0.3 is 0 Å². The Balaban J connectivity index is 1.61. The summed E-state index contributed by atoms with van der Waals surface area (Å²) in [5, 5.41) is 15.5. The summed E-state index contributed by atoms with van der Waals surface area (Å²) in [4.78, 5) is 16.4. The Kier molecular flexibility index (Phi) is 4.69. The normalized spacial score (nSPS) is 13.5. The summed E-state index contributed by atoms with van der Waals surface area (Å²) in [7, 11) is 0. The van der Waals surface area contributed by atoms with E-state index >= 15 is 0 Å². The number of thioether (sulfide) groups is 1. The highest BCUT2D eigenvalue weighted by molar-refractivity contribution is 7.99. The predicted octanol–water partition coefficient (Wildman–Crippen LogP) is 2.68. The van der Waals surface area contributed by atoms with Crippen LogP contribution in [0.5, 0.6) is 0 Å². The molecule has 114 valence electrons. The van der Waals surface area contributed by atoms with Gasteiger partial charge in [-0.25, -0.2) is 9.99 Å². The van der Waals surface area contributed by atoms with Crippen molar-refractivity contribution in [3.8, 4) is 6.07 Å². The van der Waals surface area contributed by atoms with E-state index in [1.165, 1.54) is 16.8 Å². The van der Waals surface area contributed by atoms with Crippen molar-refractivity contribution in [1.82, 2.24) is 9.99 Å². The summed E-state index contributed by atoms with van der Waals surface area (Å²) in [6.07, 6.45) is 2.34. The van der Waals surface area contributed by atoms with Crippen LogP contribution in [0.1, 0.15) is 17.5 Å². The summed E-state index contributed by atoms with van der Waals surface area (Å²) in [6.45, 7) is 0.606. The number of rotatable bonds is 4. The zero-order valence-corrected chi connectivity index (χ0v) is 13.2. The fourth-order valence-corrected chi connectivity index (χ4v) is 3.00. The number of aromatic nitrogens is 1. The highest BCUT2D eigenvalue weighted by atomic mass is 32.2. The second kappa shape index (κ2) is 7.07. The minimum atomic E-state index is -0.0508. The standard InChI is InChI=1S/C17H14N4OS/c18-11-13-6-8-19-16(10-13)23-12-17(22)21-9-7-15(20-21)14-4-2-1-3-5-14/h1-6,8,10H,7,9,12H2. The third-order valence-electron chi connectivity index (χ3n) is 3.40. The van der Waals surface area contributed by atoms with E-state index in [0.29, 0.717) is 17.1 Å². The van der Waals surface area contributed by atoms with Gasteiger partial charge in [0.25, 0.3) is 5.91 Å². The highest BCUT2D eigenvalue weighted by Gasteiger charge is 2.21. The lowest BCUT2D eigenvalue weighted by Crippen LogP contribution is -2.25. The van der Waals surface area contributed by atoms with Crippen molar-refractivity contribution in [2.75, 3.05) is 12.3 Å². The molecule has 1 aromatic carbocycles. The number of amides is 1. The van der Waals surface area contributed by atoms with Gasteiger partial charge in [-0.05, 0) is 17.7 Å². The van der Waals surface area contributed by atoms with Crippen LogP contribution in [0.15, 0.2) is 58.8 Å². The second-order valence-electron chi connectivity index (χ2n) is 4.96. The molecule has 0 aliphatic carbocycles. The van der Waals surface area contributed by atoms with Crippen LogP contribution >= 0.6 is 11.8 Å². The first-order valence-electron chi connectivity index (χ1n) is 7.18. The minimum Gasteiger partial charge on any atom is -0.272 e. The van der Waals surface area contributed by atoms with E-state index in [4.69, 9.17) is 5.26 Å². The van der Waals surface area contributed by atoms with E-state index in [2.05, 4.69) is 16.2 Å². The van der Waals surface area contributed by atoms with Gasteiger partial charge in [0.05, 0.1) is 34.7 Å². The smallest absolute Gasteiger partial charge is 0.253 e. The van der Waals surface area contributed by atoms with E-state index in [1.807, 2.05) is 30.3 Å². The van der Waals surface area contributed by atoms with Gasteiger partial charge < -0.3 is 0 Å². The van der Waals surface area contributed by atoms with Crippen LogP contribution in [0.25, 0.3) is 0 Å². The molecule has 0 fully saturated rings. The molecule has 3 rings (SSSR count). The fourth-order valence-electron chi connectivity index (χ4n) is 2.24. The van der Waals surface area contributed by atoms with Gasteiger partial charge in [0.15, 0.2) is 0 Å². The monoisotopic (exact) mass is 322 g/mol. The molecule has 0 saturated heterocycles. The quantitative estimate of drug-likeness (QED) is 0.812. The molecule has 2 heterocycles. The van der Waals surface area contributed by atoms with Crippen LogP contribution in [-0.2, 0) is 4.79 Å². The molecule has 1 aromatic heterocycles. The lowest BCUT2D eigenvalue weighted by Gasteiger charge is -2.10. The summed E-state index contributed by atoms with van der Waals surface area (Å²) in [5.41, 5.74) is 2.54. The van der Waals surface area contributed by atoms with Crippen molar-refractivity contribution in [3.63, 3.8) is 0 Å². The number of nitrogens with zero attached hydrogens (tertiary/aromatic N) is 4. The lowest BCUT2D eigenvalue weighted by molar-refractivity contribution is -0.127. The Morgan fingerprint density at radius 3 is 2.91 bits per heavy atom. The Morgan fingerprint density at radius 2 is 2.13 bits per heavy atom. The average Bonchev–Trinajstić information content (AvgIpc) is 3.11. The molecule has 1 aliphatic rings. The Bertz CT molecular complexity index is 783. The van der Waals surface area contributed by atoms with E-state index in [-0.39, 0.29) is 11.7 Å². The van der Waals surface area contributed by atoms with Crippen LogP contribution < -0.4 is 0 Å². The molecule has 0 radical (unpaired) electrons. The van der Waals surface area contributed by atoms with Gasteiger partial charge in [-0.1, -0.05) is 42.1 Å². The van der Waals surface area contributed by atoms with E-state index in [9.17, 15) is 4.79 Å². The molecule has 0 spiro atoms. The van der Waals surface area contributed by atoms with Crippen LogP contribution in [0.3, 0.4) is 0 Å². The molecule has 1 aliphatic heterocycles. The minimum absolute atomic E-state index is 0.0508. The maximum absolute atomic E-state index is 12.3. The van der Waals surface area contributed by atoms with Crippen molar-refractivity contribution >= 4 is 23.4 Å². The van der Waals surface area contributed by atoms with Gasteiger partial charge in [0, 0.05) is 12.6 Å². The lowest BCUT2D eigenvalue weighted by atomic mass is 10.1. The summed E-state index contributed by atoms with van der Waals surface area (Å²) in [6, 6.07) is 15.3. The van der Waals surface area contributed by atoms with Crippen molar-refractivity contribution in [2.45, 2.75) is 11.4 Å². The third-order valence-corrected chi connectivity index (χ3v) is 4.31. The first kappa shape index (κ1) is 15.3. The molecule has 0 atom stereocenters. The Morgan fingerprint density at radius 1 is 1.30 bits per heavy atom. The number of pyridine rings is 1. The molecule has 5 nitrogen and oxygen atoms in total. The number of hydrogen-bond donors (Lipinski definition) is 0. The first-order valence-corrected chi connectivity index (χ1v) is 8.17. The van der Waals surface area contributed by atoms with E-state index in [0.717, 1.165) is 17.7 Å². The van der Waals surface area contributed by atoms with Crippen LogP contribution in [0.4, 0.5) is 0 Å². The van der Waals surface area contributed by atoms with Gasteiger partial charge in [-0.15, -0.1) is 0 Å². The van der Waals surface area contributed by atoms with Gasteiger partial charge in [-0.3, -0.25) is 4.79 Å². The third kappa shape index (κ3) is 3.76. The molecule has 0 unspecified atom stereocenters. The van der Waals surface area contributed by atoms with Crippen molar-refractivity contribution < 1.29 is 4.79 Å². The largest absolute Gasteiger partial charge is 0.272 e. The first-order chi connectivity index (χ1) is 11.3. The number of hydrogen-bond acceptors (Lipinski definition) is 5. The van der Waals surface area contributed by atoms with Crippen LogP contribution in [0.2, 0.25) is 0 Å². The molecule has 6 heteroatoms. The van der Waals surface area contributed by atoms with Crippen LogP contribution in [-0.4, -0.2) is 33.9 Å². The number of hydrazone groups is 1. The second-order valence-corrected chi connectivity index (χ2v) is 5.96. The topological polar surface area (TPSA) is 69.3 Å². The maximum atomic E-state index is 12.3. The fraction of sp³-hybridized carbons (Fsp3) is 0.176. The molecule has 2 aromatic rings. The molecule has 23 heavy (non-hydrogen) atoms. The number of carbonyl (C=O) groups excluding carboxylic acids is 1. The zero-order chi connectivity index (χ0) is 16.1. The molecule has 0 bridgehead atoms. The summed E-state index contributed by atoms with van der Waals surface area (Å²) in [5.74, 6) is 0.207. The molecular formula is C17H14N4OS. The maximum Gasteiger partial charge on any atom is 0.253 e. The number of benzene rings is 1. The summed E-state index contributed by atoms with van der Waals surface area (Å²) < 4.78 is 0. The SMILES string of the molecule is N#Cc1ccnc(SCC(=O)N2CCC(c3ccccc3)=N2)c1. The van der Waals surface area contributed by atoms with Gasteiger partial charge in [-0.2, -0.15) is 10.4 Å². The zero-order valence-electron chi connectivity index (χ0n) is 12.3. The Labute approximate surface area is 138 Å². The van der Waals surface area contributed by atoms with Gasteiger partial charge in [0.1, 0.15) is 0 Å². The van der Waals surface area contributed by atoms with Crippen molar-refractivity contribution in [3.05, 3.63) is 59.8 Å². The van der Waals surface area contributed by atoms with E-state index < -0.39 is 0 Å². The molecular weight excluding hydrogens is 308 g/mol. The van der Waals surface area contributed by atoms with Crippen molar-refractivity contribution in [1.29, 1.82) is 5.26 Å². The molecule has 1 amide bonds. The van der Waals surface area contributed by atoms with E-state index in [1.54, 1.807) is 18.3 Å². The van der Waals surface area contributed by atoms with Crippen molar-refractivity contribution in [2.24, 2.45) is 5.10 Å². The van der Waals surface area contributed by atoms with Gasteiger partial charge in [0.2, 0.25) is 0 Å². The highest BCUT2D eigenvalue weighted by Crippen LogP contribution is 2.19. The number of carbonyl (C=O) groups is 1. The van der Waals surface area contributed by atoms with Crippen LogP contribution in [0, 0.1) is 11.3 Å².